The van der Waals surface area contributed by atoms with Gasteiger partial charge in [-0.25, -0.2) is 0 Å². The molecule has 0 saturated heterocycles. The molecule has 0 aromatic carbocycles. The summed E-state index contributed by atoms with van der Waals surface area (Å²) in [5, 5.41) is 16.5. The number of unbranched alkanes of at least 4 members (excludes halogenated alkanes) is 10. The number of hydrogen-bond acceptors (Lipinski definition) is 5. The molecule has 0 saturated carbocycles. The zero-order valence-corrected chi connectivity index (χ0v) is 18.7. The van der Waals surface area contributed by atoms with Gasteiger partial charge in [0.1, 0.15) is 6.04 Å². The van der Waals surface area contributed by atoms with Gasteiger partial charge in [0, 0.05) is 0 Å². The molecule has 0 heterocycles. The van der Waals surface area contributed by atoms with Crippen LogP contribution >= 0.6 is 0 Å². The molecule has 0 bridgehead atoms. The van der Waals surface area contributed by atoms with Crippen LogP contribution in [0.3, 0.4) is 0 Å². The zero-order valence-electron chi connectivity index (χ0n) is 17.9. The first-order valence-corrected chi connectivity index (χ1v) is 12.3. The molecule has 29 heavy (non-hydrogen) atoms. The molecular weight excluding hydrogens is 398 g/mol. The van der Waals surface area contributed by atoms with Crippen LogP contribution in [0.2, 0.25) is 0 Å². The minimum absolute atomic E-state index is 0.289. The monoisotopic (exact) mass is 437 g/mol. The van der Waals surface area contributed by atoms with E-state index >= 15 is 0 Å². The van der Waals surface area contributed by atoms with E-state index in [0.29, 0.717) is 12.8 Å². The van der Waals surface area contributed by atoms with Crippen LogP contribution in [0.25, 0.3) is 0 Å². The third-order valence-corrected chi connectivity index (χ3v) is 6.20. The normalized spacial score (nSPS) is 14.1. The Hall–Kier alpha value is -1.19. The van der Waals surface area contributed by atoms with Gasteiger partial charge in [0.25, 0.3) is 10.1 Å². The van der Waals surface area contributed by atoms with Gasteiger partial charge in [-0.15, -0.1) is 0 Å². The zero-order chi connectivity index (χ0) is 22.3. The lowest BCUT2D eigenvalue weighted by molar-refractivity contribution is -0.149. The van der Waals surface area contributed by atoms with E-state index in [1.165, 1.54) is 4.90 Å². The highest BCUT2D eigenvalue weighted by molar-refractivity contribution is 7.87. The summed E-state index contributed by atoms with van der Waals surface area (Å²) < 4.78 is 32.6. The lowest BCUT2D eigenvalue weighted by atomic mass is 10.1. The standard InChI is InChI=1S/C20H39NO7S/c1-3-5-7-9-11-13-15-21(16-14-12-10-8-6-4-2)17(19(22)23)18(20(24)25)29(26,27)28/h17-18H,3-16H2,1-2H3,(H,22,23)(H,24,25)(H,26,27,28). The second-order valence-corrected chi connectivity index (χ2v) is 9.17. The first-order chi connectivity index (χ1) is 13.7. The highest BCUT2D eigenvalue weighted by Crippen LogP contribution is 2.17. The maximum absolute atomic E-state index is 11.8. The second-order valence-electron chi connectivity index (χ2n) is 7.63. The van der Waals surface area contributed by atoms with Gasteiger partial charge in [0.05, 0.1) is 0 Å². The minimum Gasteiger partial charge on any atom is -0.480 e. The van der Waals surface area contributed by atoms with Crippen molar-refractivity contribution in [2.24, 2.45) is 0 Å². The van der Waals surface area contributed by atoms with Crippen LogP contribution in [-0.4, -0.2) is 64.4 Å². The summed E-state index contributed by atoms with van der Waals surface area (Å²) in [5.41, 5.74) is 0. The number of carboxylic acid groups (broad SMARTS) is 2. The van der Waals surface area contributed by atoms with Gasteiger partial charge in [-0.05, 0) is 25.9 Å². The van der Waals surface area contributed by atoms with Gasteiger partial charge in [-0.3, -0.25) is 19.0 Å². The fourth-order valence-corrected chi connectivity index (χ4v) is 4.35. The molecule has 0 aliphatic heterocycles. The van der Waals surface area contributed by atoms with Gasteiger partial charge >= 0.3 is 11.9 Å². The maximum atomic E-state index is 11.8. The number of hydrogen-bond donors (Lipinski definition) is 3. The Balaban J connectivity index is 5.14. The summed E-state index contributed by atoms with van der Waals surface area (Å²) in [6, 6.07) is -1.81. The van der Waals surface area contributed by atoms with Crippen molar-refractivity contribution >= 4 is 22.1 Å². The van der Waals surface area contributed by atoms with Gasteiger partial charge < -0.3 is 10.2 Å². The molecule has 0 aromatic rings. The van der Waals surface area contributed by atoms with E-state index in [1.54, 1.807) is 0 Å². The Morgan fingerprint density at radius 3 is 1.41 bits per heavy atom. The van der Waals surface area contributed by atoms with Gasteiger partial charge in [-0.1, -0.05) is 78.1 Å². The largest absolute Gasteiger partial charge is 0.480 e. The molecule has 0 amide bonds. The molecule has 0 aliphatic rings. The van der Waals surface area contributed by atoms with Gasteiger partial charge in [0.2, 0.25) is 5.25 Å². The number of carbonyl (C=O) groups is 2. The van der Waals surface area contributed by atoms with Crippen LogP contribution in [0, 0.1) is 0 Å². The molecule has 0 fully saturated rings. The van der Waals surface area contributed by atoms with Crippen molar-refractivity contribution in [1.82, 2.24) is 4.90 Å². The summed E-state index contributed by atoms with van der Waals surface area (Å²) in [4.78, 5) is 24.7. The van der Waals surface area contributed by atoms with Crippen LogP contribution in [0.15, 0.2) is 0 Å². The molecule has 0 aliphatic carbocycles. The Labute approximate surface area is 175 Å². The third-order valence-electron chi connectivity index (χ3n) is 5.10. The average molecular weight is 438 g/mol. The van der Waals surface area contributed by atoms with E-state index in [2.05, 4.69) is 13.8 Å². The molecule has 8 nitrogen and oxygen atoms in total. The minimum atomic E-state index is -5.06. The van der Waals surface area contributed by atoms with Crippen molar-refractivity contribution in [1.29, 1.82) is 0 Å². The molecule has 0 rings (SSSR count). The Morgan fingerprint density at radius 1 is 0.724 bits per heavy atom. The van der Waals surface area contributed by atoms with Crippen molar-refractivity contribution in [2.45, 2.75) is 102 Å². The highest BCUT2D eigenvalue weighted by atomic mass is 32.2. The molecule has 0 radical (unpaired) electrons. The van der Waals surface area contributed by atoms with E-state index in [9.17, 15) is 32.8 Å². The van der Waals surface area contributed by atoms with Gasteiger partial charge in [0.15, 0.2) is 0 Å². The molecule has 0 spiro atoms. The summed E-state index contributed by atoms with van der Waals surface area (Å²) >= 11 is 0. The van der Waals surface area contributed by atoms with Crippen LogP contribution in [0.5, 0.6) is 0 Å². The summed E-state index contributed by atoms with van der Waals surface area (Å²) in [6.07, 6.45) is 11.7. The van der Waals surface area contributed by atoms with E-state index < -0.39 is 33.3 Å². The predicted octanol–water partition coefficient (Wildman–Crippen LogP) is 3.80. The fourth-order valence-electron chi connectivity index (χ4n) is 3.48. The molecule has 172 valence electrons. The number of aliphatic carboxylic acids is 2. The lowest BCUT2D eigenvalue weighted by Crippen LogP contribution is -2.55. The number of carboxylic acids is 2. The van der Waals surface area contributed by atoms with Crippen molar-refractivity contribution in [2.75, 3.05) is 13.1 Å². The van der Waals surface area contributed by atoms with Crippen LogP contribution in [0.1, 0.15) is 90.9 Å². The third kappa shape index (κ3) is 12.2. The smallest absolute Gasteiger partial charge is 0.326 e. The van der Waals surface area contributed by atoms with E-state index in [-0.39, 0.29) is 13.1 Å². The molecule has 3 N–H and O–H groups in total. The summed E-state index contributed by atoms with van der Waals surface area (Å²) in [5.74, 6) is -3.40. The quantitative estimate of drug-likeness (QED) is 0.205. The van der Waals surface area contributed by atoms with Gasteiger partial charge in [-0.2, -0.15) is 8.42 Å². The maximum Gasteiger partial charge on any atom is 0.326 e. The van der Waals surface area contributed by atoms with Crippen LogP contribution < -0.4 is 0 Å². The SMILES string of the molecule is CCCCCCCCN(CCCCCCCC)C(C(=O)O)C(C(=O)O)S(=O)(=O)O. The van der Waals surface area contributed by atoms with E-state index in [4.69, 9.17) is 0 Å². The number of nitrogens with zero attached hydrogens (tertiary/aromatic N) is 1. The van der Waals surface area contributed by atoms with Crippen molar-refractivity contribution in [3.63, 3.8) is 0 Å². The predicted molar refractivity (Wildman–Crippen MR) is 113 cm³/mol. The molecule has 0 aromatic heterocycles. The van der Waals surface area contributed by atoms with Crippen LogP contribution in [0.4, 0.5) is 0 Å². The fraction of sp³-hybridized carbons (Fsp3) is 0.900. The summed E-state index contributed by atoms with van der Waals surface area (Å²) in [7, 11) is -5.06. The average Bonchev–Trinajstić information content (AvgIpc) is 2.62. The first kappa shape index (κ1) is 27.8. The first-order valence-electron chi connectivity index (χ1n) is 10.8. The molecule has 9 heteroatoms. The Morgan fingerprint density at radius 2 is 1.10 bits per heavy atom. The van der Waals surface area contributed by atoms with Crippen molar-refractivity contribution in [3.05, 3.63) is 0 Å². The van der Waals surface area contributed by atoms with E-state index in [0.717, 1.165) is 64.2 Å². The summed E-state index contributed by atoms with van der Waals surface area (Å²) in [6.45, 7) is 4.80. The Bertz CT molecular complexity index is 549. The Kier molecular flexibility index (Phi) is 15.0. The second kappa shape index (κ2) is 15.6. The topological polar surface area (TPSA) is 132 Å². The van der Waals surface area contributed by atoms with Crippen molar-refractivity contribution < 1.29 is 32.8 Å². The molecule has 2 unspecified atom stereocenters. The molecular formula is C20H39NO7S. The number of rotatable bonds is 19. The van der Waals surface area contributed by atoms with Crippen LogP contribution in [-0.2, 0) is 19.7 Å². The van der Waals surface area contributed by atoms with Crippen molar-refractivity contribution in [3.8, 4) is 0 Å². The highest BCUT2D eigenvalue weighted by Gasteiger charge is 2.46. The lowest BCUT2D eigenvalue weighted by Gasteiger charge is -2.31. The molecule has 2 atom stereocenters. The van der Waals surface area contributed by atoms with E-state index in [1.807, 2.05) is 0 Å².